The van der Waals surface area contributed by atoms with E-state index in [-0.39, 0.29) is 6.04 Å². The lowest BCUT2D eigenvalue weighted by Crippen LogP contribution is -2.30. The maximum absolute atomic E-state index is 11.7. The summed E-state index contributed by atoms with van der Waals surface area (Å²) in [6, 6.07) is 30.8. The van der Waals surface area contributed by atoms with E-state index < -0.39 is 5.60 Å². The van der Waals surface area contributed by atoms with Crippen molar-refractivity contribution < 1.29 is 5.11 Å². The van der Waals surface area contributed by atoms with Gasteiger partial charge in [-0.15, -0.1) is 0 Å². The number of rotatable bonds is 9. The van der Waals surface area contributed by atoms with E-state index in [0.29, 0.717) is 6.42 Å². The van der Waals surface area contributed by atoms with Gasteiger partial charge in [-0.3, -0.25) is 0 Å². The van der Waals surface area contributed by atoms with Crippen molar-refractivity contribution in [3.8, 4) is 0 Å². The molecule has 0 aliphatic heterocycles. The van der Waals surface area contributed by atoms with Gasteiger partial charge in [-0.25, -0.2) is 0 Å². The Morgan fingerprint density at radius 3 is 1.96 bits per heavy atom. The summed E-state index contributed by atoms with van der Waals surface area (Å²) < 4.78 is 0. The second-order valence-electron chi connectivity index (χ2n) is 7.18. The van der Waals surface area contributed by atoms with Gasteiger partial charge in [0.2, 0.25) is 0 Å². The molecule has 27 heavy (non-hydrogen) atoms. The number of hydrogen-bond acceptors (Lipinski definition) is 2. The molecule has 3 aromatic carbocycles. The average Bonchev–Trinajstić information content (AvgIpc) is 2.74. The Bertz CT molecular complexity index is 788. The van der Waals surface area contributed by atoms with E-state index in [4.69, 9.17) is 0 Å². The fourth-order valence-electron chi connectivity index (χ4n) is 3.59. The van der Waals surface area contributed by atoms with E-state index >= 15 is 0 Å². The second-order valence-corrected chi connectivity index (χ2v) is 7.18. The number of nitrogens with one attached hydrogen (secondary N) is 1. The maximum atomic E-state index is 11.7. The normalized spacial score (nSPS) is 14.3. The minimum atomic E-state index is -0.862. The average molecular weight is 360 g/mol. The van der Waals surface area contributed by atoms with E-state index in [1.54, 1.807) is 0 Å². The predicted molar refractivity (Wildman–Crippen MR) is 114 cm³/mol. The van der Waals surface area contributed by atoms with Gasteiger partial charge in [0.1, 0.15) is 0 Å². The lowest BCUT2D eigenvalue weighted by atomic mass is 9.81. The number of para-hydroxylation sites is 1. The standard InChI is InChI=1S/C25H29NO/c1-2-3-19-25(27,22-15-9-5-10-16-22)20-24(21-13-7-4-8-14-21)26-23-17-11-6-12-18-23/h4-18,24,26-27H,2-3,19-20H2,1H3. The molecule has 0 aliphatic carbocycles. The molecule has 0 amide bonds. The Morgan fingerprint density at radius 1 is 0.815 bits per heavy atom. The van der Waals surface area contributed by atoms with Crippen LogP contribution < -0.4 is 5.32 Å². The van der Waals surface area contributed by atoms with Gasteiger partial charge in [0.15, 0.2) is 0 Å². The van der Waals surface area contributed by atoms with Crippen LogP contribution in [0.25, 0.3) is 0 Å². The topological polar surface area (TPSA) is 32.3 Å². The Balaban J connectivity index is 1.92. The van der Waals surface area contributed by atoms with Crippen molar-refractivity contribution in [3.05, 3.63) is 102 Å². The van der Waals surface area contributed by atoms with E-state index in [1.165, 1.54) is 5.56 Å². The smallest absolute Gasteiger partial charge is 0.0919 e. The highest BCUT2D eigenvalue weighted by molar-refractivity contribution is 5.45. The molecule has 2 N–H and O–H groups in total. The van der Waals surface area contributed by atoms with Gasteiger partial charge in [-0.05, 0) is 29.7 Å². The summed E-state index contributed by atoms with van der Waals surface area (Å²) in [5.41, 5.74) is 2.39. The molecule has 2 atom stereocenters. The summed E-state index contributed by atoms with van der Waals surface area (Å²) in [4.78, 5) is 0. The summed E-state index contributed by atoms with van der Waals surface area (Å²) in [5, 5.41) is 15.3. The molecule has 0 spiro atoms. The molecule has 0 bridgehead atoms. The number of unbranched alkanes of at least 4 members (excludes halogenated alkanes) is 1. The molecular weight excluding hydrogens is 330 g/mol. The van der Waals surface area contributed by atoms with Crippen LogP contribution in [-0.4, -0.2) is 5.11 Å². The molecule has 140 valence electrons. The first-order valence-electron chi connectivity index (χ1n) is 9.86. The van der Waals surface area contributed by atoms with Gasteiger partial charge in [0, 0.05) is 12.1 Å². The third kappa shape index (κ3) is 5.21. The molecule has 0 saturated heterocycles. The molecule has 0 aromatic heterocycles. The maximum Gasteiger partial charge on any atom is 0.0919 e. The van der Waals surface area contributed by atoms with Gasteiger partial charge < -0.3 is 10.4 Å². The fourth-order valence-corrected chi connectivity index (χ4v) is 3.59. The van der Waals surface area contributed by atoms with Crippen molar-refractivity contribution >= 4 is 5.69 Å². The monoisotopic (exact) mass is 359 g/mol. The highest BCUT2D eigenvalue weighted by atomic mass is 16.3. The SMILES string of the molecule is CCCCC(O)(CC(Nc1ccccc1)c1ccccc1)c1ccccc1. The summed E-state index contributed by atoms with van der Waals surface area (Å²) in [6.45, 7) is 2.17. The van der Waals surface area contributed by atoms with Gasteiger partial charge in [-0.2, -0.15) is 0 Å². The molecule has 2 unspecified atom stereocenters. The third-order valence-corrected chi connectivity index (χ3v) is 5.11. The molecule has 3 aromatic rings. The van der Waals surface area contributed by atoms with Gasteiger partial charge >= 0.3 is 0 Å². The minimum absolute atomic E-state index is 0.0238. The zero-order chi connectivity index (χ0) is 19.0. The number of aliphatic hydroxyl groups is 1. The van der Waals surface area contributed by atoms with Crippen LogP contribution in [0, 0.1) is 0 Å². The van der Waals surface area contributed by atoms with Crippen molar-refractivity contribution in [1.29, 1.82) is 0 Å². The van der Waals surface area contributed by atoms with Crippen LogP contribution in [-0.2, 0) is 5.60 Å². The summed E-state index contributed by atoms with van der Waals surface area (Å²) in [7, 11) is 0. The van der Waals surface area contributed by atoms with Crippen LogP contribution in [0.1, 0.15) is 49.8 Å². The summed E-state index contributed by atoms with van der Waals surface area (Å²) in [5.74, 6) is 0. The zero-order valence-corrected chi connectivity index (χ0v) is 16.0. The molecule has 0 radical (unpaired) electrons. The highest BCUT2D eigenvalue weighted by Crippen LogP contribution is 2.37. The van der Waals surface area contributed by atoms with Crippen LogP contribution in [0.3, 0.4) is 0 Å². The third-order valence-electron chi connectivity index (χ3n) is 5.11. The highest BCUT2D eigenvalue weighted by Gasteiger charge is 2.32. The van der Waals surface area contributed by atoms with E-state index in [9.17, 15) is 5.11 Å². The first kappa shape index (κ1) is 19.2. The molecule has 3 rings (SSSR count). The summed E-state index contributed by atoms with van der Waals surface area (Å²) >= 11 is 0. The minimum Gasteiger partial charge on any atom is -0.385 e. The first-order valence-corrected chi connectivity index (χ1v) is 9.86. The quantitative estimate of drug-likeness (QED) is 0.469. The van der Waals surface area contributed by atoms with Crippen LogP contribution >= 0.6 is 0 Å². The second kappa shape index (κ2) is 9.38. The Morgan fingerprint density at radius 2 is 1.37 bits per heavy atom. The van der Waals surface area contributed by atoms with Crippen molar-refractivity contribution in [1.82, 2.24) is 0 Å². The van der Waals surface area contributed by atoms with Gasteiger partial charge in [0.25, 0.3) is 0 Å². The molecule has 2 nitrogen and oxygen atoms in total. The first-order chi connectivity index (χ1) is 13.2. The van der Waals surface area contributed by atoms with Crippen LogP contribution in [0.5, 0.6) is 0 Å². The number of anilines is 1. The van der Waals surface area contributed by atoms with Crippen LogP contribution in [0.15, 0.2) is 91.0 Å². The van der Waals surface area contributed by atoms with Crippen molar-refractivity contribution in [2.75, 3.05) is 5.32 Å². The lowest BCUT2D eigenvalue weighted by Gasteiger charge is -2.34. The van der Waals surface area contributed by atoms with Crippen LogP contribution in [0.4, 0.5) is 5.69 Å². The van der Waals surface area contributed by atoms with Crippen molar-refractivity contribution in [2.45, 2.75) is 44.2 Å². The van der Waals surface area contributed by atoms with Crippen LogP contribution in [0.2, 0.25) is 0 Å². The van der Waals surface area contributed by atoms with Crippen molar-refractivity contribution in [2.24, 2.45) is 0 Å². The molecule has 0 fully saturated rings. The van der Waals surface area contributed by atoms with Crippen molar-refractivity contribution in [3.63, 3.8) is 0 Å². The van der Waals surface area contributed by atoms with E-state index in [1.807, 2.05) is 54.6 Å². The van der Waals surface area contributed by atoms with Gasteiger partial charge in [0.05, 0.1) is 11.6 Å². The number of benzene rings is 3. The molecular formula is C25H29NO. The molecule has 0 aliphatic rings. The Kier molecular flexibility index (Phi) is 6.67. The summed E-state index contributed by atoms with van der Waals surface area (Å²) in [6.07, 6.45) is 3.44. The molecule has 0 saturated carbocycles. The zero-order valence-electron chi connectivity index (χ0n) is 16.0. The Hall–Kier alpha value is -2.58. The lowest BCUT2D eigenvalue weighted by molar-refractivity contribution is 0.0114. The molecule has 2 heteroatoms. The fraction of sp³-hybridized carbons (Fsp3) is 0.280. The largest absolute Gasteiger partial charge is 0.385 e. The van der Waals surface area contributed by atoms with Gasteiger partial charge in [-0.1, -0.05) is 98.6 Å². The van der Waals surface area contributed by atoms with E-state index in [0.717, 1.165) is 30.5 Å². The Labute approximate surface area is 162 Å². The molecule has 0 heterocycles. The van der Waals surface area contributed by atoms with E-state index in [2.05, 4.69) is 48.6 Å². The predicted octanol–water partition coefficient (Wildman–Crippen LogP) is 6.31. The number of hydrogen-bond donors (Lipinski definition) is 2.